The highest BCUT2D eigenvalue weighted by atomic mass is 16.5. The first-order valence-electron chi connectivity index (χ1n) is 6.64. The van der Waals surface area contributed by atoms with E-state index in [0.717, 1.165) is 6.42 Å². The van der Waals surface area contributed by atoms with Gasteiger partial charge in [-0.25, -0.2) is 0 Å². The second-order valence-electron chi connectivity index (χ2n) is 5.45. The summed E-state index contributed by atoms with van der Waals surface area (Å²) >= 11 is 0. The van der Waals surface area contributed by atoms with Gasteiger partial charge in [-0.3, -0.25) is 4.79 Å². The summed E-state index contributed by atoms with van der Waals surface area (Å²) in [5, 5.41) is 2.92. The molecule has 1 aromatic rings. The van der Waals surface area contributed by atoms with Crippen LogP contribution in [0, 0.1) is 5.41 Å². The Balaban J connectivity index is 2.81. The molecule has 0 aliphatic heterocycles. The molecule has 0 radical (unpaired) electrons. The van der Waals surface area contributed by atoms with Gasteiger partial charge in [0.1, 0.15) is 11.5 Å². The van der Waals surface area contributed by atoms with E-state index in [-0.39, 0.29) is 11.3 Å². The van der Waals surface area contributed by atoms with E-state index < -0.39 is 0 Å². The van der Waals surface area contributed by atoms with Gasteiger partial charge in [0.15, 0.2) is 0 Å². The van der Waals surface area contributed by atoms with Crippen LogP contribution in [-0.2, 0) is 0 Å². The van der Waals surface area contributed by atoms with Crippen molar-refractivity contribution in [3.63, 3.8) is 0 Å². The van der Waals surface area contributed by atoms with E-state index in [1.54, 1.807) is 25.3 Å². The Morgan fingerprint density at radius 3 is 2.55 bits per heavy atom. The van der Waals surface area contributed by atoms with Gasteiger partial charge >= 0.3 is 0 Å². The predicted molar refractivity (Wildman–Crippen MR) is 79.3 cm³/mol. The first kappa shape index (κ1) is 16.3. The molecule has 0 fully saturated rings. The average Bonchev–Trinajstić information content (AvgIpc) is 2.44. The molecule has 20 heavy (non-hydrogen) atoms. The Kier molecular flexibility index (Phi) is 5.82. The fraction of sp³-hybridized carbons (Fsp3) is 0.533. The van der Waals surface area contributed by atoms with Crippen LogP contribution in [0.15, 0.2) is 18.2 Å². The second-order valence-corrected chi connectivity index (χ2v) is 5.45. The molecule has 0 atom stereocenters. The number of carbonyl (C=O) groups is 1. The van der Waals surface area contributed by atoms with Crippen LogP contribution in [0.2, 0.25) is 0 Å². The summed E-state index contributed by atoms with van der Waals surface area (Å²) in [5.74, 6) is 0.975. The Bertz CT molecular complexity index is 458. The van der Waals surface area contributed by atoms with E-state index in [9.17, 15) is 4.79 Å². The Morgan fingerprint density at radius 2 is 2.00 bits per heavy atom. The maximum atomic E-state index is 12.3. The molecule has 0 spiro atoms. The number of hydrogen-bond donors (Lipinski definition) is 2. The molecule has 1 aromatic carbocycles. The van der Waals surface area contributed by atoms with Crippen LogP contribution < -0.4 is 20.5 Å². The number of carbonyl (C=O) groups excluding carboxylic acids is 1. The zero-order valence-electron chi connectivity index (χ0n) is 12.7. The largest absolute Gasteiger partial charge is 0.497 e. The van der Waals surface area contributed by atoms with Gasteiger partial charge in [0, 0.05) is 6.54 Å². The van der Waals surface area contributed by atoms with E-state index in [1.165, 1.54) is 7.11 Å². The van der Waals surface area contributed by atoms with Crippen LogP contribution in [0.25, 0.3) is 0 Å². The summed E-state index contributed by atoms with van der Waals surface area (Å²) in [7, 11) is 3.10. The van der Waals surface area contributed by atoms with Crippen LogP contribution >= 0.6 is 0 Å². The molecule has 5 heteroatoms. The first-order chi connectivity index (χ1) is 9.43. The summed E-state index contributed by atoms with van der Waals surface area (Å²) in [6.07, 6.45) is 0.850. The van der Waals surface area contributed by atoms with E-state index in [4.69, 9.17) is 15.2 Å². The van der Waals surface area contributed by atoms with Crippen molar-refractivity contribution >= 4 is 5.91 Å². The summed E-state index contributed by atoms with van der Waals surface area (Å²) in [5.41, 5.74) is 6.00. The van der Waals surface area contributed by atoms with Gasteiger partial charge in [0.05, 0.1) is 19.8 Å². The van der Waals surface area contributed by atoms with Crippen molar-refractivity contribution in [2.24, 2.45) is 11.1 Å². The molecule has 0 saturated heterocycles. The lowest BCUT2D eigenvalue weighted by Gasteiger charge is -2.24. The fourth-order valence-electron chi connectivity index (χ4n) is 1.89. The standard InChI is InChI=1S/C15H24N2O3/c1-15(2,7-8-16)10-17-14(18)12-9-11(19-3)5-6-13(12)20-4/h5-6,9H,7-8,10,16H2,1-4H3,(H,17,18). The zero-order valence-corrected chi connectivity index (χ0v) is 12.7. The highest BCUT2D eigenvalue weighted by molar-refractivity contribution is 5.97. The topological polar surface area (TPSA) is 73.6 Å². The molecular weight excluding hydrogens is 256 g/mol. The molecular formula is C15H24N2O3. The van der Waals surface area contributed by atoms with Crippen molar-refractivity contribution in [2.45, 2.75) is 20.3 Å². The molecule has 0 bridgehead atoms. The van der Waals surface area contributed by atoms with Crippen LogP contribution in [0.4, 0.5) is 0 Å². The van der Waals surface area contributed by atoms with Gasteiger partial charge < -0.3 is 20.5 Å². The van der Waals surface area contributed by atoms with Crippen molar-refractivity contribution < 1.29 is 14.3 Å². The van der Waals surface area contributed by atoms with Crippen molar-refractivity contribution in [3.8, 4) is 11.5 Å². The van der Waals surface area contributed by atoms with Crippen LogP contribution in [-0.4, -0.2) is 33.2 Å². The van der Waals surface area contributed by atoms with E-state index in [2.05, 4.69) is 19.2 Å². The Hall–Kier alpha value is -1.75. The number of hydrogen-bond acceptors (Lipinski definition) is 4. The van der Waals surface area contributed by atoms with Gasteiger partial charge in [0.25, 0.3) is 5.91 Å². The van der Waals surface area contributed by atoms with Crippen LogP contribution in [0.3, 0.4) is 0 Å². The molecule has 0 heterocycles. The van der Waals surface area contributed by atoms with Crippen molar-refractivity contribution in [2.75, 3.05) is 27.3 Å². The van der Waals surface area contributed by atoms with Crippen molar-refractivity contribution in [3.05, 3.63) is 23.8 Å². The third-order valence-corrected chi connectivity index (χ3v) is 3.20. The van der Waals surface area contributed by atoms with Crippen LogP contribution in [0.1, 0.15) is 30.6 Å². The van der Waals surface area contributed by atoms with Crippen molar-refractivity contribution in [1.29, 1.82) is 0 Å². The maximum absolute atomic E-state index is 12.3. The van der Waals surface area contributed by atoms with Crippen LogP contribution in [0.5, 0.6) is 11.5 Å². The number of methoxy groups -OCH3 is 2. The highest BCUT2D eigenvalue weighted by Crippen LogP contribution is 2.24. The average molecular weight is 280 g/mol. The highest BCUT2D eigenvalue weighted by Gasteiger charge is 2.20. The Morgan fingerprint density at radius 1 is 1.30 bits per heavy atom. The van der Waals surface area contributed by atoms with Gasteiger partial charge in [-0.1, -0.05) is 13.8 Å². The number of benzene rings is 1. The summed E-state index contributed by atoms with van der Waals surface area (Å²) in [4.78, 5) is 12.3. The number of rotatable bonds is 7. The number of nitrogens with two attached hydrogens (primary N) is 1. The minimum atomic E-state index is -0.175. The smallest absolute Gasteiger partial charge is 0.255 e. The lowest BCUT2D eigenvalue weighted by Crippen LogP contribution is -2.35. The monoisotopic (exact) mass is 280 g/mol. The number of amides is 1. The zero-order chi connectivity index (χ0) is 15.2. The summed E-state index contributed by atoms with van der Waals surface area (Å²) in [6, 6.07) is 5.15. The second kappa shape index (κ2) is 7.14. The summed E-state index contributed by atoms with van der Waals surface area (Å²) in [6.45, 7) is 5.31. The van der Waals surface area contributed by atoms with E-state index >= 15 is 0 Å². The minimum Gasteiger partial charge on any atom is -0.497 e. The molecule has 1 rings (SSSR count). The lowest BCUT2D eigenvalue weighted by atomic mass is 9.89. The predicted octanol–water partition coefficient (Wildman–Crippen LogP) is 1.81. The normalized spacial score (nSPS) is 11.1. The quantitative estimate of drug-likeness (QED) is 0.799. The molecule has 1 amide bonds. The fourth-order valence-corrected chi connectivity index (χ4v) is 1.89. The van der Waals surface area contributed by atoms with Gasteiger partial charge in [-0.15, -0.1) is 0 Å². The van der Waals surface area contributed by atoms with Crippen molar-refractivity contribution in [1.82, 2.24) is 5.32 Å². The van der Waals surface area contributed by atoms with Gasteiger partial charge in [-0.2, -0.15) is 0 Å². The lowest BCUT2D eigenvalue weighted by molar-refractivity contribution is 0.0931. The third-order valence-electron chi connectivity index (χ3n) is 3.20. The van der Waals surface area contributed by atoms with Gasteiger partial charge in [-0.05, 0) is 36.6 Å². The maximum Gasteiger partial charge on any atom is 0.255 e. The number of nitrogens with one attached hydrogen (secondary N) is 1. The molecule has 3 N–H and O–H groups in total. The summed E-state index contributed by atoms with van der Waals surface area (Å²) < 4.78 is 10.3. The Labute approximate surface area is 120 Å². The first-order valence-corrected chi connectivity index (χ1v) is 6.64. The molecule has 0 aliphatic rings. The third kappa shape index (κ3) is 4.42. The molecule has 0 aliphatic carbocycles. The SMILES string of the molecule is COc1ccc(OC)c(C(=O)NCC(C)(C)CCN)c1. The molecule has 0 aromatic heterocycles. The number of ether oxygens (including phenoxy) is 2. The van der Waals surface area contributed by atoms with E-state index in [1.807, 2.05) is 0 Å². The minimum absolute atomic E-state index is 0.0312. The van der Waals surface area contributed by atoms with Gasteiger partial charge in [0.2, 0.25) is 0 Å². The molecule has 0 unspecified atom stereocenters. The van der Waals surface area contributed by atoms with E-state index in [0.29, 0.717) is 30.2 Å². The molecule has 0 saturated carbocycles. The molecule has 112 valence electrons. The molecule has 5 nitrogen and oxygen atoms in total.